The lowest BCUT2D eigenvalue weighted by atomic mass is 10.1. The molecule has 1 aliphatic heterocycles. The quantitative estimate of drug-likeness (QED) is 0.563. The third-order valence-electron chi connectivity index (χ3n) is 4.99. The molecule has 166 valence electrons. The topological polar surface area (TPSA) is 84.9 Å². The van der Waals surface area contributed by atoms with Crippen LogP contribution < -0.4 is 19.1 Å². The maximum atomic E-state index is 12.9. The number of hydrogen-bond donors (Lipinski definition) is 1. The van der Waals surface area contributed by atoms with Gasteiger partial charge in [0.15, 0.2) is 5.75 Å². The molecule has 0 unspecified atom stereocenters. The van der Waals surface area contributed by atoms with Gasteiger partial charge in [-0.3, -0.25) is 9.10 Å². The molecule has 0 spiro atoms. The van der Waals surface area contributed by atoms with Crippen LogP contribution >= 0.6 is 0 Å². The average molecular weight is 453 g/mol. The van der Waals surface area contributed by atoms with Crippen LogP contribution in [0.5, 0.6) is 17.2 Å². The first-order valence-electron chi connectivity index (χ1n) is 10.4. The van der Waals surface area contributed by atoms with E-state index in [1.807, 2.05) is 25.1 Å². The van der Waals surface area contributed by atoms with Crippen molar-refractivity contribution in [3.63, 3.8) is 0 Å². The van der Waals surface area contributed by atoms with Crippen molar-refractivity contribution in [2.45, 2.75) is 13.3 Å². The van der Waals surface area contributed by atoms with Crippen molar-refractivity contribution in [1.29, 1.82) is 0 Å². The van der Waals surface area contributed by atoms with Gasteiger partial charge < -0.3 is 14.8 Å². The molecule has 1 fully saturated rings. The second-order valence-electron chi connectivity index (χ2n) is 7.25. The number of carbonyl (C=O) groups excluding carboxylic acids is 1. The fourth-order valence-corrected chi connectivity index (χ4v) is 5.04. The molecule has 1 amide bonds. The molecule has 3 aromatic carbocycles. The van der Waals surface area contributed by atoms with Crippen LogP contribution in [-0.4, -0.2) is 33.2 Å². The monoisotopic (exact) mass is 452 g/mol. The van der Waals surface area contributed by atoms with Crippen LogP contribution in [0.2, 0.25) is 0 Å². The molecular weight excluding hydrogens is 428 g/mol. The third kappa shape index (κ3) is 4.86. The number of hydrogen-bond acceptors (Lipinski definition) is 5. The first-order valence-corrected chi connectivity index (χ1v) is 12.0. The summed E-state index contributed by atoms with van der Waals surface area (Å²) < 4.78 is 37.2. The summed E-state index contributed by atoms with van der Waals surface area (Å²) in [7, 11) is -3.32. The van der Waals surface area contributed by atoms with Gasteiger partial charge in [-0.05, 0) is 67.9 Å². The molecule has 1 heterocycles. The van der Waals surface area contributed by atoms with E-state index in [9.17, 15) is 13.2 Å². The molecule has 1 aliphatic rings. The molecule has 0 aliphatic carbocycles. The second-order valence-corrected chi connectivity index (χ2v) is 9.26. The summed E-state index contributed by atoms with van der Waals surface area (Å²) in [5.41, 5.74) is 1.36. The molecular formula is C24H24N2O5S. The number of anilines is 2. The van der Waals surface area contributed by atoms with Gasteiger partial charge in [0.2, 0.25) is 10.0 Å². The fourth-order valence-electron chi connectivity index (χ4n) is 3.48. The second kappa shape index (κ2) is 9.32. The van der Waals surface area contributed by atoms with Crippen molar-refractivity contribution in [1.82, 2.24) is 0 Å². The molecule has 0 saturated carbocycles. The smallest absolute Gasteiger partial charge is 0.255 e. The predicted octanol–water partition coefficient (Wildman–Crippen LogP) is 4.67. The number of nitrogens with one attached hydrogen (secondary N) is 1. The summed E-state index contributed by atoms with van der Waals surface area (Å²) in [6, 6.07) is 21.0. The van der Waals surface area contributed by atoms with Crippen molar-refractivity contribution in [3.05, 3.63) is 78.4 Å². The van der Waals surface area contributed by atoms with Crippen LogP contribution in [-0.2, 0) is 10.0 Å². The fraction of sp³-hybridized carbons (Fsp3) is 0.208. The lowest BCUT2D eigenvalue weighted by Crippen LogP contribution is -2.25. The zero-order chi connectivity index (χ0) is 22.6. The first-order chi connectivity index (χ1) is 15.5. The number of ether oxygens (including phenoxy) is 2. The Hall–Kier alpha value is -3.52. The number of para-hydroxylation sites is 2. The van der Waals surface area contributed by atoms with E-state index in [1.54, 1.807) is 54.6 Å². The highest BCUT2D eigenvalue weighted by Gasteiger charge is 2.28. The van der Waals surface area contributed by atoms with E-state index in [1.165, 1.54) is 4.31 Å². The van der Waals surface area contributed by atoms with E-state index in [-0.39, 0.29) is 11.7 Å². The molecule has 32 heavy (non-hydrogen) atoms. The standard InChI is InChI=1S/C24H24N2O5S/c1-2-30-20-11-13-21(14-12-20)31-23-10-4-3-9-22(23)25-24(27)18-7-5-8-19(17-18)26-15-6-16-32(26,28)29/h3-5,7-14,17H,2,6,15-16H2,1H3,(H,25,27). The van der Waals surface area contributed by atoms with E-state index in [0.29, 0.717) is 48.0 Å². The number of amides is 1. The van der Waals surface area contributed by atoms with Gasteiger partial charge in [0, 0.05) is 12.1 Å². The lowest BCUT2D eigenvalue weighted by molar-refractivity contribution is 0.102. The van der Waals surface area contributed by atoms with E-state index in [0.717, 1.165) is 5.75 Å². The largest absolute Gasteiger partial charge is 0.494 e. The third-order valence-corrected chi connectivity index (χ3v) is 6.86. The molecule has 7 nitrogen and oxygen atoms in total. The molecule has 3 aromatic rings. The van der Waals surface area contributed by atoms with Crippen molar-refractivity contribution < 1.29 is 22.7 Å². The number of carbonyl (C=O) groups is 1. The van der Waals surface area contributed by atoms with Crippen LogP contribution in [0.15, 0.2) is 72.8 Å². The zero-order valence-electron chi connectivity index (χ0n) is 17.7. The molecule has 0 atom stereocenters. The Bertz CT molecular complexity index is 1210. The minimum atomic E-state index is -3.32. The Kier molecular flexibility index (Phi) is 6.32. The van der Waals surface area contributed by atoms with Gasteiger partial charge in [0.05, 0.1) is 23.7 Å². The Morgan fingerprint density at radius 1 is 1.00 bits per heavy atom. The van der Waals surface area contributed by atoms with Crippen molar-refractivity contribution in [3.8, 4) is 17.2 Å². The van der Waals surface area contributed by atoms with E-state index >= 15 is 0 Å². The summed E-state index contributed by atoms with van der Waals surface area (Å²) in [5.74, 6) is 1.62. The normalized spacial score (nSPS) is 14.7. The van der Waals surface area contributed by atoms with Crippen LogP contribution in [0.25, 0.3) is 0 Å². The lowest BCUT2D eigenvalue weighted by Gasteiger charge is -2.18. The minimum absolute atomic E-state index is 0.125. The Morgan fingerprint density at radius 2 is 1.75 bits per heavy atom. The van der Waals surface area contributed by atoms with Crippen LogP contribution in [0, 0.1) is 0 Å². The maximum absolute atomic E-state index is 12.9. The van der Waals surface area contributed by atoms with Crippen LogP contribution in [0.3, 0.4) is 0 Å². The predicted molar refractivity (Wildman–Crippen MR) is 124 cm³/mol. The molecule has 0 radical (unpaired) electrons. The Balaban J connectivity index is 1.51. The van der Waals surface area contributed by atoms with Gasteiger partial charge in [-0.15, -0.1) is 0 Å². The Labute approximate surface area is 187 Å². The number of benzene rings is 3. The highest BCUT2D eigenvalue weighted by Crippen LogP contribution is 2.31. The van der Waals surface area contributed by atoms with Gasteiger partial charge in [0.25, 0.3) is 5.91 Å². The Morgan fingerprint density at radius 3 is 2.47 bits per heavy atom. The van der Waals surface area contributed by atoms with Crippen molar-refractivity contribution in [2.24, 2.45) is 0 Å². The highest BCUT2D eigenvalue weighted by atomic mass is 32.2. The van der Waals surface area contributed by atoms with E-state index in [4.69, 9.17) is 9.47 Å². The summed E-state index contributed by atoms with van der Waals surface area (Å²) in [4.78, 5) is 12.9. The zero-order valence-corrected chi connectivity index (χ0v) is 18.5. The number of nitrogens with zero attached hydrogens (tertiary/aromatic N) is 1. The van der Waals surface area contributed by atoms with Gasteiger partial charge in [-0.1, -0.05) is 18.2 Å². The molecule has 0 aromatic heterocycles. The summed E-state index contributed by atoms with van der Waals surface area (Å²) in [6.45, 7) is 2.93. The van der Waals surface area contributed by atoms with Crippen LogP contribution in [0.1, 0.15) is 23.7 Å². The number of sulfonamides is 1. The minimum Gasteiger partial charge on any atom is -0.494 e. The van der Waals surface area contributed by atoms with Gasteiger partial charge in [-0.2, -0.15) is 0 Å². The maximum Gasteiger partial charge on any atom is 0.255 e. The van der Waals surface area contributed by atoms with Crippen LogP contribution in [0.4, 0.5) is 11.4 Å². The SMILES string of the molecule is CCOc1ccc(Oc2ccccc2NC(=O)c2cccc(N3CCCS3(=O)=O)c2)cc1. The first kappa shape index (κ1) is 21.7. The van der Waals surface area contributed by atoms with E-state index in [2.05, 4.69) is 5.32 Å². The molecule has 1 saturated heterocycles. The molecule has 0 bridgehead atoms. The molecule has 4 rings (SSSR count). The van der Waals surface area contributed by atoms with Gasteiger partial charge >= 0.3 is 0 Å². The molecule has 8 heteroatoms. The van der Waals surface area contributed by atoms with Crippen molar-refractivity contribution in [2.75, 3.05) is 28.5 Å². The summed E-state index contributed by atoms with van der Waals surface area (Å²) in [6.07, 6.45) is 0.578. The summed E-state index contributed by atoms with van der Waals surface area (Å²) >= 11 is 0. The summed E-state index contributed by atoms with van der Waals surface area (Å²) in [5, 5.41) is 2.86. The number of rotatable bonds is 7. The van der Waals surface area contributed by atoms with E-state index < -0.39 is 10.0 Å². The van der Waals surface area contributed by atoms with Gasteiger partial charge in [-0.25, -0.2) is 8.42 Å². The highest BCUT2D eigenvalue weighted by molar-refractivity contribution is 7.93. The van der Waals surface area contributed by atoms with Crippen molar-refractivity contribution >= 4 is 27.3 Å². The molecule has 1 N–H and O–H groups in total. The average Bonchev–Trinajstić information content (AvgIpc) is 3.15. The van der Waals surface area contributed by atoms with Gasteiger partial charge in [0.1, 0.15) is 11.5 Å².